The summed E-state index contributed by atoms with van der Waals surface area (Å²) in [5.41, 5.74) is 3.03. The van der Waals surface area contributed by atoms with E-state index in [4.69, 9.17) is 0 Å². The summed E-state index contributed by atoms with van der Waals surface area (Å²) >= 11 is 0. The number of pyridine rings is 1. The lowest BCUT2D eigenvalue weighted by Crippen LogP contribution is -2.24. The molecule has 3 aromatic carbocycles. The van der Waals surface area contributed by atoms with E-state index in [1.807, 2.05) is 54.6 Å². The van der Waals surface area contributed by atoms with Crippen molar-refractivity contribution >= 4 is 21.7 Å². The molecule has 0 atom stereocenters. The molecule has 5 rings (SSSR count). The molecule has 0 amide bonds. The number of halogens is 1. The molecule has 5 aromatic rings. The lowest BCUT2D eigenvalue weighted by atomic mass is 10.00. The van der Waals surface area contributed by atoms with Crippen molar-refractivity contribution in [2.24, 2.45) is 0 Å². The lowest BCUT2D eigenvalue weighted by Gasteiger charge is -2.10. The Morgan fingerprint density at radius 3 is 2.60 bits per heavy atom. The van der Waals surface area contributed by atoms with Crippen molar-refractivity contribution in [2.75, 3.05) is 0 Å². The first-order chi connectivity index (χ1) is 14.7. The van der Waals surface area contributed by atoms with Crippen LogP contribution in [0.2, 0.25) is 0 Å². The molecule has 5 heteroatoms. The van der Waals surface area contributed by atoms with Crippen LogP contribution in [0.4, 0.5) is 4.39 Å². The minimum atomic E-state index is -0.332. The second-order valence-corrected chi connectivity index (χ2v) is 7.20. The van der Waals surface area contributed by atoms with E-state index in [2.05, 4.69) is 10.1 Å². The zero-order chi connectivity index (χ0) is 20.5. The van der Waals surface area contributed by atoms with Crippen LogP contribution in [0, 0.1) is 5.82 Å². The Morgan fingerprint density at radius 1 is 0.867 bits per heavy atom. The maximum atomic E-state index is 13.7. The molecule has 0 spiro atoms. The van der Waals surface area contributed by atoms with Gasteiger partial charge < -0.3 is 0 Å². The van der Waals surface area contributed by atoms with Gasteiger partial charge in [-0.25, -0.2) is 9.07 Å². The van der Waals surface area contributed by atoms with Gasteiger partial charge in [-0.2, -0.15) is 5.10 Å². The normalized spacial score (nSPS) is 11.2. The molecule has 0 unspecified atom stereocenters. The van der Waals surface area contributed by atoms with E-state index < -0.39 is 0 Å². The van der Waals surface area contributed by atoms with Gasteiger partial charge in [-0.3, -0.25) is 9.78 Å². The Bertz CT molecular complexity index is 1440. The monoisotopic (exact) mass is 395 g/mol. The number of aryl methyl sites for hydroxylation is 2. The zero-order valence-electron chi connectivity index (χ0n) is 16.1. The van der Waals surface area contributed by atoms with Crippen LogP contribution in [-0.2, 0) is 13.0 Å². The first-order valence-electron chi connectivity index (χ1n) is 9.78. The summed E-state index contributed by atoms with van der Waals surface area (Å²) in [4.78, 5) is 17.9. The van der Waals surface area contributed by atoms with Gasteiger partial charge in [-0.15, -0.1) is 0 Å². The summed E-state index contributed by atoms with van der Waals surface area (Å²) in [6, 6.07) is 23.8. The Labute approximate surface area is 172 Å². The van der Waals surface area contributed by atoms with Gasteiger partial charge in [-0.1, -0.05) is 54.6 Å². The van der Waals surface area contributed by atoms with Crippen molar-refractivity contribution in [3.63, 3.8) is 0 Å². The standard InChI is InChI=1S/C25H18FN3O/c26-20-8-3-6-18(15-20)22-9-4-7-19-16-27-29(25(30)24(19)22)14-13-21-12-11-17-5-1-2-10-23(17)28-21/h1-12,15-16H,13-14H2. The van der Waals surface area contributed by atoms with Crippen molar-refractivity contribution in [1.29, 1.82) is 0 Å². The van der Waals surface area contributed by atoms with E-state index >= 15 is 0 Å². The molecule has 0 saturated carbocycles. The van der Waals surface area contributed by atoms with Gasteiger partial charge in [0.05, 0.1) is 23.6 Å². The van der Waals surface area contributed by atoms with E-state index in [0.29, 0.717) is 29.5 Å². The van der Waals surface area contributed by atoms with Gasteiger partial charge in [0.1, 0.15) is 5.82 Å². The molecule has 146 valence electrons. The average molecular weight is 395 g/mol. The van der Waals surface area contributed by atoms with E-state index in [-0.39, 0.29) is 11.4 Å². The third kappa shape index (κ3) is 3.35. The molecule has 0 bridgehead atoms. The summed E-state index contributed by atoms with van der Waals surface area (Å²) in [5.74, 6) is -0.332. The molecule has 4 nitrogen and oxygen atoms in total. The fourth-order valence-electron chi connectivity index (χ4n) is 3.75. The van der Waals surface area contributed by atoms with Crippen molar-refractivity contribution in [1.82, 2.24) is 14.8 Å². The Kier molecular flexibility index (Phi) is 4.56. The predicted molar refractivity (Wildman–Crippen MR) is 117 cm³/mol. The molecule has 0 N–H and O–H groups in total. The predicted octanol–water partition coefficient (Wildman–Crippen LogP) is 4.99. The van der Waals surface area contributed by atoms with Gasteiger partial charge in [0.15, 0.2) is 0 Å². The largest absolute Gasteiger partial charge is 0.275 e. The molecule has 0 fully saturated rings. The number of fused-ring (bicyclic) bond motifs is 2. The number of nitrogens with zero attached hydrogens (tertiary/aromatic N) is 3. The van der Waals surface area contributed by atoms with Crippen molar-refractivity contribution in [2.45, 2.75) is 13.0 Å². The van der Waals surface area contributed by atoms with Crippen LogP contribution in [0.25, 0.3) is 32.8 Å². The van der Waals surface area contributed by atoms with Crippen LogP contribution in [0.1, 0.15) is 5.69 Å². The van der Waals surface area contributed by atoms with Crippen LogP contribution >= 0.6 is 0 Å². The maximum absolute atomic E-state index is 13.7. The van der Waals surface area contributed by atoms with E-state index in [0.717, 1.165) is 22.0 Å². The number of hydrogen-bond acceptors (Lipinski definition) is 3. The first kappa shape index (κ1) is 18.2. The van der Waals surface area contributed by atoms with Crippen molar-refractivity contribution < 1.29 is 4.39 Å². The van der Waals surface area contributed by atoms with Gasteiger partial charge in [0.2, 0.25) is 0 Å². The number of benzene rings is 3. The minimum absolute atomic E-state index is 0.187. The molecule has 0 aliphatic carbocycles. The SMILES string of the molecule is O=c1c2c(-c3cccc(F)c3)cccc2cnn1CCc1ccc2ccccc2n1. The Morgan fingerprint density at radius 2 is 1.70 bits per heavy atom. The summed E-state index contributed by atoms with van der Waals surface area (Å²) in [7, 11) is 0. The molecule has 0 aliphatic rings. The summed E-state index contributed by atoms with van der Waals surface area (Å²) in [5, 5.41) is 6.71. The molecule has 0 radical (unpaired) electrons. The average Bonchev–Trinajstić information content (AvgIpc) is 2.78. The fraction of sp³-hybridized carbons (Fsp3) is 0.0800. The summed E-state index contributed by atoms with van der Waals surface area (Å²) in [6.45, 7) is 0.414. The first-order valence-corrected chi connectivity index (χ1v) is 9.78. The highest BCUT2D eigenvalue weighted by atomic mass is 19.1. The van der Waals surface area contributed by atoms with Gasteiger partial charge in [0.25, 0.3) is 5.56 Å². The topological polar surface area (TPSA) is 47.8 Å². The van der Waals surface area contributed by atoms with Gasteiger partial charge in [-0.05, 0) is 35.4 Å². The van der Waals surface area contributed by atoms with Crippen LogP contribution < -0.4 is 5.56 Å². The third-order valence-corrected chi connectivity index (χ3v) is 5.25. The number of para-hydroxylation sites is 1. The highest BCUT2D eigenvalue weighted by Gasteiger charge is 2.11. The maximum Gasteiger partial charge on any atom is 0.275 e. The minimum Gasteiger partial charge on any atom is -0.267 e. The second-order valence-electron chi connectivity index (χ2n) is 7.20. The Balaban J connectivity index is 1.52. The van der Waals surface area contributed by atoms with Gasteiger partial charge in [0, 0.05) is 22.9 Å². The highest BCUT2D eigenvalue weighted by Crippen LogP contribution is 2.26. The van der Waals surface area contributed by atoms with Crippen LogP contribution in [0.5, 0.6) is 0 Å². The summed E-state index contributed by atoms with van der Waals surface area (Å²) in [6.07, 6.45) is 2.28. The summed E-state index contributed by atoms with van der Waals surface area (Å²) < 4.78 is 15.2. The smallest absolute Gasteiger partial charge is 0.267 e. The van der Waals surface area contributed by atoms with E-state index in [1.165, 1.54) is 16.8 Å². The molecule has 2 heterocycles. The fourth-order valence-corrected chi connectivity index (χ4v) is 3.75. The zero-order valence-corrected chi connectivity index (χ0v) is 16.1. The third-order valence-electron chi connectivity index (χ3n) is 5.25. The lowest BCUT2D eigenvalue weighted by molar-refractivity contribution is 0.580. The van der Waals surface area contributed by atoms with Crippen molar-refractivity contribution in [3.05, 3.63) is 107 Å². The molecular weight excluding hydrogens is 377 g/mol. The highest BCUT2D eigenvalue weighted by molar-refractivity contribution is 5.95. The van der Waals surface area contributed by atoms with Crippen LogP contribution in [-0.4, -0.2) is 14.8 Å². The Hall–Kier alpha value is -3.86. The number of hydrogen-bond donors (Lipinski definition) is 0. The van der Waals surface area contributed by atoms with E-state index in [9.17, 15) is 9.18 Å². The van der Waals surface area contributed by atoms with Crippen LogP contribution in [0.15, 0.2) is 89.9 Å². The molecule has 0 saturated heterocycles. The van der Waals surface area contributed by atoms with Crippen LogP contribution in [0.3, 0.4) is 0 Å². The molecule has 0 aliphatic heterocycles. The number of rotatable bonds is 4. The molecular formula is C25H18FN3O. The van der Waals surface area contributed by atoms with Gasteiger partial charge >= 0.3 is 0 Å². The second kappa shape index (κ2) is 7.52. The number of aromatic nitrogens is 3. The quantitative estimate of drug-likeness (QED) is 0.431. The van der Waals surface area contributed by atoms with Crippen molar-refractivity contribution in [3.8, 4) is 11.1 Å². The molecule has 2 aromatic heterocycles. The van der Waals surface area contributed by atoms with E-state index in [1.54, 1.807) is 18.3 Å². The molecule has 30 heavy (non-hydrogen) atoms.